The second-order valence-corrected chi connectivity index (χ2v) is 7.50. The van der Waals surface area contributed by atoms with E-state index in [0.29, 0.717) is 49.2 Å². The maximum atomic E-state index is 12.7. The van der Waals surface area contributed by atoms with Crippen LogP contribution in [-0.4, -0.2) is 18.9 Å². The third-order valence-electron chi connectivity index (χ3n) is 4.31. The molecule has 1 aliphatic rings. The maximum Gasteiger partial charge on any atom is 0.259 e. The van der Waals surface area contributed by atoms with Gasteiger partial charge in [-0.3, -0.25) is 9.59 Å². The summed E-state index contributed by atoms with van der Waals surface area (Å²) in [5.74, 6) is 0.715. The summed E-state index contributed by atoms with van der Waals surface area (Å²) in [7, 11) is 1.53. The molecule has 3 aromatic carbocycles. The highest BCUT2D eigenvalue weighted by Crippen LogP contribution is 2.38. The number of anilines is 2. The second kappa shape index (κ2) is 7.77. The summed E-state index contributed by atoms with van der Waals surface area (Å²) in [4.78, 5) is 25.3. The number of nitrogens with one attached hydrogen (secondary N) is 2. The Balaban J connectivity index is 1.62. The number of hydrogen-bond acceptors (Lipinski definition) is 4. The first-order valence-corrected chi connectivity index (χ1v) is 9.69. The van der Waals surface area contributed by atoms with E-state index in [0.717, 1.165) is 0 Å². The monoisotopic (exact) mass is 472 g/mol. The van der Waals surface area contributed by atoms with Gasteiger partial charge >= 0.3 is 0 Å². The van der Waals surface area contributed by atoms with Gasteiger partial charge in [-0.2, -0.15) is 0 Å². The smallest absolute Gasteiger partial charge is 0.259 e. The van der Waals surface area contributed by atoms with E-state index in [-0.39, 0.29) is 11.8 Å². The molecule has 146 valence electrons. The van der Waals surface area contributed by atoms with Gasteiger partial charge in [-0.1, -0.05) is 11.6 Å². The van der Waals surface area contributed by atoms with E-state index in [1.54, 1.807) is 54.6 Å². The first kappa shape index (κ1) is 19.3. The molecule has 0 fully saturated rings. The molecule has 0 spiro atoms. The predicted molar refractivity (Wildman–Crippen MR) is 115 cm³/mol. The number of carbonyl (C=O) groups excluding carboxylic acids is 2. The van der Waals surface area contributed by atoms with Crippen LogP contribution in [0.2, 0.25) is 5.02 Å². The lowest BCUT2D eigenvalue weighted by Crippen LogP contribution is -2.14. The van der Waals surface area contributed by atoms with Crippen molar-refractivity contribution in [2.45, 2.75) is 0 Å². The third-order valence-corrected chi connectivity index (χ3v) is 5.24. The van der Waals surface area contributed by atoms with E-state index in [2.05, 4.69) is 26.6 Å². The molecule has 2 N–H and O–H groups in total. The minimum absolute atomic E-state index is 0.292. The molecule has 4 rings (SSSR count). The Morgan fingerprint density at radius 3 is 2.69 bits per heavy atom. The van der Waals surface area contributed by atoms with Crippen molar-refractivity contribution in [3.63, 3.8) is 0 Å². The first-order chi connectivity index (χ1) is 13.9. The molecule has 0 atom stereocenters. The molecular weight excluding hydrogens is 460 g/mol. The molecule has 3 aromatic rings. The Hall–Kier alpha value is -3.03. The van der Waals surface area contributed by atoms with E-state index in [9.17, 15) is 9.59 Å². The Bertz CT molecular complexity index is 1150. The highest BCUT2D eigenvalue weighted by molar-refractivity contribution is 9.10. The number of fused-ring (bicyclic) bond motifs is 2. The molecular formula is C21H14BrClN2O4. The van der Waals surface area contributed by atoms with Gasteiger partial charge in [0.25, 0.3) is 11.8 Å². The number of ether oxygens (including phenoxy) is 2. The predicted octanol–water partition coefficient (Wildman–Crippen LogP) is 5.72. The van der Waals surface area contributed by atoms with Crippen LogP contribution in [0.3, 0.4) is 0 Å². The van der Waals surface area contributed by atoms with Crippen molar-refractivity contribution in [1.29, 1.82) is 0 Å². The molecule has 0 saturated carbocycles. The average Bonchev–Trinajstić information content (AvgIpc) is 2.84. The lowest BCUT2D eigenvalue weighted by molar-refractivity contribution is 0.101. The molecule has 0 aromatic heterocycles. The second-order valence-electron chi connectivity index (χ2n) is 6.21. The van der Waals surface area contributed by atoms with Gasteiger partial charge in [0, 0.05) is 15.2 Å². The number of methoxy groups -OCH3 is 1. The number of amides is 2. The summed E-state index contributed by atoms with van der Waals surface area (Å²) < 4.78 is 11.6. The zero-order valence-electron chi connectivity index (χ0n) is 15.1. The largest absolute Gasteiger partial charge is 0.497 e. The number of rotatable bonds is 3. The molecule has 0 saturated heterocycles. The van der Waals surface area contributed by atoms with Crippen molar-refractivity contribution in [2.75, 3.05) is 17.7 Å². The standard InChI is InChI=1S/C21H14BrClN2O4/c1-28-13-4-5-16(22)14(10-13)20(26)24-12-3-7-18-15(9-12)21(27)25-17-8-11(23)2-6-19(17)29-18/h2-10H,1H3,(H,24,26)(H,25,27). The molecule has 8 heteroatoms. The SMILES string of the molecule is COc1ccc(Br)c(C(=O)Nc2ccc3c(c2)C(=O)Nc2cc(Cl)ccc2O3)c1. The van der Waals surface area contributed by atoms with Gasteiger partial charge in [-0.25, -0.2) is 0 Å². The summed E-state index contributed by atoms with van der Waals surface area (Å²) in [5, 5.41) is 6.04. The van der Waals surface area contributed by atoms with Gasteiger partial charge in [0.1, 0.15) is 11.5 Å². The number of carbonyl (C=O) groups is 2. The Labute approximate surface area is 179 Å². The van der Waals surface area contributed by atoms with E-state index < -0.39 is 0 Å². The van der Waals surface area contributed by atoms with Crippen molar-refractivity contribution in [3.8, 4) is 17.2 Å². The topological polar surface area (TPSA) is 76.7 Å². The summed E-state index contributed by atoms with van der Waals surface area (Å²) in [6.45, 7) is 0. The van der Waals surface area contributed by atoms with Crippen molar-refractivity contribution in [3.05, 3.63) is 75.2 Å². The minimum atomic E-state index is -0.361. The van der Waals surface area contributed by atoms with Crippen LogP contribution in [0.4, 0.5) is 11.4 Å². The molecule has 29 heavy (non-hydrogen) atoms. The number of hydrogen-bond donors (Lipinski definition) is 2. The van der Waals surface area contributed by atoms with Crippen LogP contribution in [0.1, 0.15) is 20.7 Å². The number of benzene rings is 3. The maximum absolute atomic E-state index is 12.7. The summed E-state index contributed by atoms with van der Waals surface area (Å²) in [6, 6.07) is 14.9. The lowest BCUT2D eigenvalue weighted by Gasteiger charge is -2.11. The molecule has 1 heterocycles. The molecule has 0 aliphatic carbocycles. The lowest BCUT2D eigenvalue weighted by atomic mass is 10.1. The highest BCUT2D eigenvalue weighted by Gasteiger charge is 2.22. The molecule has 6 nitrogen and oxygen atoms in total. The van der Waals surface area contributed by atoms with Crippen molar-refractivity contribution < 1.29 is 19.1 Å². The van der Waals surface area contributed by atoms with Crippen LogP contribution in [-0.2, 0) is 0 Å². The van der Waals surface area contributed by atoms with Gasteiger partial charge in [0.15, 0.2) is 5.75 Å². The van der Waals surface area contributed by atoms with E-state index in [4.69, 9.17) is 21.1 Å². The zero-order chi connectivity index (χ0) is 20.5. The van der Waals surface area contributed by atoms with Crippen LogP contribution in [0.5, 0.6) is 17.2 Å². The van der Waals surface area contributed by atoms with Crippen molar-refractivity contribution in [1.82, 2.24) is 0 Å². The van der Waals surface area contributed by atoms with Crippen molar-refractivity contribution >= 4 is 50.7 Å². The van der Waals surface area contributed by atoms with Gasteiger partial charge in [0.2, 0.25) is 0 Å². The molecule has 1 aliphatic heterocycles. The minimum Gasteiger partial charge on any atom is -0.497 e. The van der Waals surface area contributed by atoms with Gasteiger partial charge < -0.3 is 20.1 Å². The fourth-order valence-electron chi connectivity index (χ4n) is 2.87. The van der Waals surface area contributed by atoms with Crippen molar-refractivity contribution in [2.24, 2.45) is 0 Å². The summed E-state index contributed by atoms with van der Waals surface area (Å²) in [6.07, 6.45) is 0. The van der Waals surface area contributed by atoms with E-state index >= 15 is 0 Å². The summed E-state index contributed by atoms with van der Waals surface area (Å²) in [5.41, 5.74) is 1.62. The zero-order valence-corrected chi connectivity index (χ0v) is 17.4. The molecule has 0 radical (unpaired) electrons. The molecule has 0 unspecified atom stereocenters. The van der Waals surface area contributed by atoms with Crippen LogP contribution in [0.15, 0.2) is 59.1 Å². The fraction of sp³-hybridized carbons (Fsp3) is 0.0476. The van der Waals surface area contributed by atoms with Crippen LogP contribution in [0, 0.1) is 0 Å². The normalized spacial score (nSPS) is 12.0. The van der Waals surface area contributed by atoms with Crippen LogP contribution in [0.25, 0.3) is 0 Å². The Morgan fingerprint density at radius 1 is 1.10 bits per heavy atom. The Kier molecular flexibility index (Phi) is 5.17. The van der Waals surface area contributed by atoms with Crippen LogP contribution >= 0.6 is 27.5 Å². The van der Waals surface area contributed by atoms with Crippen LogP contribution < -0.4 is 20.1 Å². The van der Waals surface area contributed by atoms with Gasteiger partial charge in [0.05, 0.1) is 23.9 Å². The molecule has 0 bridgehead atoms. The fourth-order valence-corrected chi connectivity index (χ4v) is 3.47. The summed E-state index contributed by atoms with van der Waals surface area (Å²) >= 11 is 9.36. The van der Waals surface area contributed by atoms with E-state index in [1.807, 2.05) is 0 Å². The molecule has 2 amide bonds. The Morgan fingerprint density at radius 2 is 1.90 bits per heavy atom. The quantitative estimate of drug-likeness (QED) is 0.510. The first-order valence-electron chi connectivity index (χ1n) is 8.52. The number of halogens is 2. The van der Waals surface area contributed by atoms with E-state index in [1.165, 1.54) is 7.11 Å². The van der Waals surface area contributed by atoms with Gasteiger partial charge in [-0.15, -0.1) is 0 Å². The average molecular weight is 474 g/mol. The van der Waals surface area contributed by atoms with Gasteiger partial charge in [-0.05, 0) is 70.5 Å². The third kappa shape index (κ3) is 3.92. The highest BCUT2D eigenvalue weighted by atomic mass is 79.9.